The molecule has 1 atom stereocenters. The number of benzene rings is 1. The van der Waals surface area contributed by atoms with Gasteiger partial charge in [-0.25, -0.2) is 4.79 Å². The summed E-state index contributed by atoms with van der Waals surface area (Å²) in [5.41, 5.74) is 3.52. The van der Waals surface area contributed by atoms with Crippen molar-refractivity contribution in [1.29, 1.82) is 0 Å². The van der Waals surface area contributed by atoms with Crippen LogP contribution in [-0.2, 0) is 10.5 Å². The molecular formula is C20H25NO3S. The Labute approximate surface area is 152 Å². The summed E-state index contributed by atoms with van der Waals surface area (Å²) in [6, 6.07) is 5.54. The molecule has 1 aromatic heterocycles. The van der Waals surface area contributed by atoms with Crippen molar-refractivity contribution in [2.24, 2.45) is 5.92 Å². The molecule has 3 rings (SSSR count). The lowest BCUT2D eigenvalue weighted by atomic mass is 10.0. The van der Waals surface area contributed by atoms with Crippen molar-refractivity contribution in [3.05, 3.63) is 45.3 Å². The van der Waals surface area contributed by atoms with Crippen LogP contribution >= 0.6 is 11.8 Å². The normalized spacial score (nSPS) is 17.9. The number of hydrogen-bond acceptors (Lipinski definition) is 4. The highest BCUT2D eigenvalue weighted by atomic mass is 32.2. The number of nitrogens with zero attached hydrogens (tertiary/aromatic N) is 1. The molecule has 4 nitrogen and oxygen atoms in total. The van der Waals surface area contributed by atoms with Crippen LogP contribution in [0.1, 0.15) is 36.5 Å². The van der Waals surface area contributed by atoms with E-state index in [2.05, 4.69) is 19.9 Å². The summed E-state index contributed by atoms with van der Waals surface area (Å²) in [6.07, 6.45) is 2.31. The zero-order chi connectivity index (χ0) is 18.0. The minimum Gasteiger partial charge on any atom is -0.423 e. The number of carbonyl (C=O) groups is 1. The molecule has 1 aliphatic heterocycles. The van der Waals surface area contributed by atoms with Gasteiger partial charge in [-0.3, -0.25) is 4.79 Å². The van der Waals surface area contributed by atoms with E-state index < -0.39 is 0 Å². The highest BCUT2D eigenvalue weighted by Crippen LogP contribution is 2.25. The molecule has 0 saturated carbocycles. The third kappa shape index (κ3) is 4.27. The fraction of sp³-hybridized carbons (Fsp3) is 0.500. The summed E-state index contributed by atoms with van der Waals surface area (Å²) in [5.74, 6) is 1.89. The fourth-order valence-electron chi connectivity index (χ4n) is 3.36. The van der Waals surface area contributed by atoms with Crippen molar-refractivity contribution in [2.45, 2.75) is 39.4 Å². The first-order chi connectivity index (χ1) is 11.9. The average Bonchev–Trinajstić information content (AvgIpc) is 2.56. The quantitative estimate of drug-likeness (QED) is 0.777. The van der Waals surface area contributed by atoms with Crippen LogP contribution < -0.4 is 5.63 Å². The Balaban J connectivity index is 1.70. The summed E-state index contributed by atoms with van der Waals surface area (Å²) in [6.45, 7) is 8.01. The van der Waals surface area contributed by atoms with Crippen LogP contribution in [0.2, 0.25) is 0 Å². The van der Waals surface area contributed by atoms with Crippen molar-refractivity contribution in [1.82, 2.24) is 4.90 Å². The van der Waals surface area contributed by atoms with Gasteiger partial charge in [-0.05, 0) is 61.4 Å². The Kier molecular flexibility index (Phi) is 5.52. The average molecular weight is 359 g/mol. The highest BCUT2D eigenvalue weighted by molar-refractivity contribution is 7.99. The monoisotopic (exact) mass is 359 g/mol. The number of carbonyl (C=O) groups excluding carboxylic acids is 1. The van der Waals surface area contributed by atoms with E-state index in [0.717, 1.165) is 36.0 Å². The number of amides is 1. The molecule has 1 amide bonds. The molecule has 0 N–H and O–H groups in total. The van der Waals surface area contributed by atoms with Crippen molar-refractivity contribution < 1.29 is 9.21 Å². The molecule has 134 valence electrons. The lowest BCUT2D eigenvalue weighted by Gasteiger charge is -2.30. The molecule has 0 bridgehead atoms. The van der Waals surface area contributed by atoms with Crippen LogP contribution in [0.3, 0.4) is 0 Å². The Morgan fingerprint density at radius 3 is 2.80 bits per heavy atom. The number of piperidine rings is 1. The molecule has 0 unspecified atom stereocenters. The third-order valence-corrected chi connectivity index (χ3v) is 5.90. The maximum absolute atomic E-state index is 12.4. The highest BCUT2D eigenvalue weighted by Gasteiger charge is 2.20. The molecule has 1 aromatic carbocycles. The van der Waals surface area contributed by atoms with Crippen LogP contribution in [0, 0.1) is 19.8 Å². The van der Waals surface area contributed by atoms with Gasteiger partial charge in [-0.15, -0.1) is 11.8 Å². The van der Waals surface area contributed by atoms with Gasteiger partial charge in [-0.2, -0.15) is 0 Å². The maximum atomic E-state index is 12.4. The first kappa shape index (κ1) is 18.1. The van der Waals surface area contributed by atoms with E-state index in [9.17, 15) is 9.59 Å². The smallest absolute Gasteiger partial charge is 0.336 e. The van der Waals surface area contributed by atoms with E-state index in [4.69, 9.17) is 4.42 Å². The summed E-state index contributed by atoms with van der Waals surface area (Å²) in [5, 5.41) is 0.967. The molecule has 1 saturated heterocycles. The Morgan fingerprint density at radius 1 is 1.28 bits per heavy atom. The van der Waals surface area contributed by atoms with E-state index >= 15 is 0 Å². The van der Waals surface area contributed by atoms with E-state index in [-0.39, 0.29) is 11.5 Å². The first-order valence-electron chi connectivity index (χ1n) is 8.83. The van der Waals surface area contributed by atoms with Crippen LogP contribution in [0.15, 0.2) is 27.4 Å². The summed E-state index contributed by atoms with van der Waals surface area (Å²) in [7, 11) is 0. The largest absolute Gasteiger partial charge is 0.423 e. The second-order valence-corrected chi connectivity index (χ2v) is 8.09. The standard InChI is InChI=1S/C20H25NO3S/c1-13-5-4-6-21(10-13)19(22)12-25-11-16-9-20(23)24-18-8-15(3)14(2)7-17(16)18/h7-9,13H,4-6,10-12H2,1-3H3/t13-/m0/s1. The van der Waals surface area contributed by atoms with Gasteiger partial charge in [0.2, 0.25) is 5.91 Å². The van der Waals surface area contributed by atoms with Gasteiger partial charge >= 0.3 is 5.63 Å². The van der Waals surface area contributed by atoms with Gasteiger partial charge in [0, 0.05) is 30.3 Å². The van der Waals surface area contributed by atoms with E-state index in [1.807, 2.05) is 17.9 Å². The second-order valence-electron chi connectivity index (χ2n) is 7.10. The molecule has 0 aliphatic carbocycles. The lowest BCUT2D eigenvalue weighted by molar-refractivity contribution is -0.130. The molecule has 25 heavy (non-hydrogen) atoms. The number of hydrogen-bond donors (Lipinski definition) is 0. The zero-order valence-corrected chi connectivity index (χ0v) is 15.9. The molecule has 1 fully saturated rings. The number of fused-ring (bicyclic) bond motifs is 1. The number of thioether (sulfide) groups is 1. The van der Waals surface area contributed by atoms with Crippen molar-refractivity contribution in [3.63, 3.8) is 0 Å². The minimum absolute atomic E-state index is 0.204. The van der Waals surface area contributed by atoms with Gasteiger partial charge < -0.3 is 9.32 Å². The van der Waals surface area contributed by atoms with Gasteiger partial charge in [0.1, 0.15) is 5.58 Å². The van der Waals surface area contributed by atoms with Crippen molar-refractivity contribution >= 4 is 28.6 Å². The number of rotatable bonds is 4. The SMILES string of the molecule is Cc1cc2oc(=O)cc(CSCC(=O)N3CCC[C@H](C)C3)c2cc1C. The second kappa shape index (κ2) is 7.65. The van der Waals surface area contributed by atoms with Gasteiger partial charge in [-0.1, -0.05) is 6.92 Å². The third-order valence-electron chi connectivity index (χ3n) is 4.94. The van der Waals surface area contributed by atoms with Crippen LogP contribution in [0.4, 0.5) is 0 Å². The summed E-state index contributed by atoms with van der Waals surface area (Å²) in [4.78, 5) is 26.2. The maximum Gasteiger partial charge on any atom is 0.336 e. The molecular weight excluding hydrogens is 334 g/mol. The van der Waals surface area contributed by atoms with Gasteiger partial charge in [0.05, 0.1) is 5.75 Å². The van der Waals surface area contributed by atoms with Gasteiger partial charge in [0.25, 0.3) is 0 Å². The van der Waals surface area contributed by atoms with Gasteiger partial charge in [0.15, 0.2) is 0 Å². The number of likely N-dealkylation sites (tertiary alicyclic amines) is 1. The van der Waals surface area contributed by atoms with Crippen LogP contribution in [0.25, 0.3) is 11.0 Å². The predicted octanol–water partition coefficient (Wildman–Crippen LogP) is 3.90. The van der Waals surface area contributed by atoms with Crippen LogP contribution in [-0.4, -0.2) is 29.6 Å². The van der Waals surface area contributed by atoms with Crippen molar-refractivity contribution in [3.8, 4) is 0 Å². The fourth-order valence-corrected chi connectivity index (χ4v) is 4.28. The zero-order valence-electron chi connectivity index (χ0n) is 15.1. The Bertz CT molecular complexity index is 843. The van der Waals surface area contributed by atoms with E-state index in [0.29, 0.717) is 23.0 Å². The summed E-state index contributed by atoms with van der Waals surface area (Å²) >= 11 is 1.57. The lowest BCUT2D eigenvalue weighted by Crippen LogP contribution is -2.40. The first-order valence-corrected chi connectivity index (χ1v) is 9.99. The van der Waals surface area contributed by atoms with E-state index in [1.165, 1.54) is 12.0 Å². The molecule has 0 spiro atoms. The van der Waals surface area contributed by atoms with Crippen LogP contribution in [0.5, 0.6) is 0 Å². The molecule has 1 aliphatic rings. The Hall–Kier alpha value is -1.75. The van der Waals surface area contributed by atoms with E-state index in [1.54, 1.807) is 17.8 Å². The number of aryl methyl sites for hydroxylation is 2. The topological polar surface area (TPSA) is 50.5 Å². The predicted molar refractivity (Wildman–Crippen MR) is 103 cm³/mol. The Morgan fingerprint density at radius 2 is 2.04 bits per heavy atom. The molecule has 5 heteroatoms. The molecule has 2 heterocycles. The minimum atomic E-state index is -0.331. The molecule has 0 radical (unpaired) electrons. The van der Waals surface area contributed by atoms with Crippen molar-refractivity contribution in [2.75, 3.05) is 18.8 Å². The molecule has 2 aromatic rings. The summed E-state index contributed by atoms with van der Waals surface area (Å²) < 4.78 is 5.33.